The monoisotopic (exact) mass is 559 g/mol. The normalized spacial score (nSPS) is 11.3. The Kier molecular flexibility index (Phi) is 9.27. The molecule has 8 nitrogen and oxygen atoms in total. The predicted molar refractivity (Wildman–Crippen MR) is 140 cm³/mol. The van der Waals surface area contributed by atoms with Crippen LogP contribution in [0, 0.1) is 0 Å². The van der Waals surface area contributed by atoms with Crippen LogP contribution >= 0.6 is 15.9 Å². The van der Waals surface area contributed by atoms with E-state index in [0.29, 0.717) is 40.4 Å². The summed E-state index contributed by atoms with van der Waals surface area (Å²) in [5, 5.41) is 3.99. The van der Waals surface area contributed by atoms with Crippen molar-refractivity contribution in [3.05, 3.63) is 82.8 Å². The number of ether oxygens (including phenoxy) is 2. The van der Waals surface area contributed by atoms with E-state index in [-0.39, 0.29) is 4.90 Å². The van der Waals surface area contributed by atoms with Crippen LogP contribution in [0.4, 0.5) is 5.69 Å². The fraction of sp³-hybridized carbons (Fsp3) is 0.200. The van der Waals surface area contributed by atoms with Gasteiger partial charge in [0.15, 0.2) is 11.5 Å². The minimum Gasteiger partial charge on any atom is -0.490 e. The van der Waals surface area contributed by atoms with Gasteiger partial charge in [0, 0.05) is 4.47 Å². The quantitative estimate of drug-likeness (QED) is 0.273. The minimum absolute atomic E-state index is 0.0779. The largest absolute Gasteiger partial charge is 0.490 e. The van der Waals surface area contributed by atoms with Crippen molar-refractivity contribution in [3.8, 4) is 11.5 Å². The second kappa shape index (κ2) is 12.4. The van der Waals surface area contributed by atoms with Gasteiger partial charge >= 0.3 is 0 Å². The van der Waals surface area contributed by atoms with Gasteiger partial charge in [0.2, 0.25) is 0 Å². The molecule has 0 bridgehead atoms. The summed E-state index contributed by atoms with van der Waals surface area (Å²) in [6, 6.07) is 20.0. The number of hydrazone groups is 1. The van der Waals surface area contributed by atoms with Gasteiger partial charge in [0.25, 0.3) is 15.9 Å². The van der Waals surface area contributed by atoms with Gasteiger partial charge in [0.05, 0.1) is 30.0 Å². The fourth-order valence-electron chi connectivity index (χ4n) is 3.16. The molecule has 1 amide bonds. The lowest BCUT2D eigenvalue weighted by molar-refractivity contribution is -0.119. The third-order valence-corrected chi connectivity index (χ3v) is 6.97. The molecule has 0 atom stereocenters. The summed E-state index contributed by atoms with van der Waals surface area (Å²) in [5.74, 6) is 0.586. The van der Waals surface area contributed by atoms with E-state index in [1.165, 1.54) is 18.3 Å². The number of benzene rings is 3. The van der Waals surface area contributed by atoms with E-state index in [4.69, 9.17) is 9.47 Å². The first-order valence-electron chi connectivity index (χ1n) is 10.9. The summed E-state index contributed by atoms with van der Waals surface area (Å²) >= 11 is 3.35. The molecule has 3 rings (SSSR count). The zero-order valence-corrected chi connectivity index (χ0v) is 21.8. The van der Waals surface area contributed by atoms with Crippen molar-refractivity contribution >= 4 is 43.8 Å². The first-order chi connectivity index (χ1) is 16.8. The topological polar surface area (TPSA) is 97.3 Å². The van der Waals surface area contributed by atoms with Gasteiger partial charge in [-0.25, -0.2) is 13.8 Å². The molecule has 0 fully saturated rings. The molecule has 184 valence electrons. The molecule has 0 saturated carbocycles. The average Bonchev–Trinajstić information content (AvgIpc) is 2.85. The van der Waals surface area contributed by atoms with Gasteiger partial charge in [-0.05, 0) is 67.9 Å². The number of nitrogens with one attached hydrogen (secondary N) is 1. The number of hydrogen-bond donors (Lipinski definition) is 1. The first-order valence-corrected chi connectivity index (χ1v) is 13.1. The molecule has 3 aromatic carbocycles. The molecule has 35 heavy (non-hydrogen) atoms. The van der Waals surface area contributed by atoms with Crippen molar-refractivity contribution in [1.82, 2.24) is 5.43 Å². The standard InChI is InChI=1S/C25H26BrN3O5S/c1-3-33-23-14-13-19(15-24(23)34-4-2)17-27-28-25(30)18-29(21-10-8-9-20(26)16-21)35(31,32)22-11-6-5-7-12-22/h5-17H,3-4,18H2,1-2H3,(H,28,30)/b27-17-. The molecular formula is C25H26BrN3O5S. The number of carbonyl (C=O) groups is 1. The molecule has 10 heteroatoms. The Labute approximate surface area is 213 Å². The number of amides is 1. The van der Waals surface area contributed by atoms with Crippen LogP contribution in [0.2, 0.25) is 0 Å². The summed E-state index contributed by atoms with van der Waals surface area (Å²) in [5.41, 5.74) is 3.42. The highest BCUT2D eigenvalue weighted by atomic mass is 79.9. The molecule has 0 unspecified atom stereocenters. The number of nitrogens with zero attached hydrogens (tertiary/aromatic N) is 2. The van der Waals surface area contributed by atoms with E-state index in [9.17, 15) is 13.2 Å². The van der Waals surface area contributed by atoms with Gasteiger partial charge in [0.1, 0.15) is 6.54 Å². The zero-order chi connectivity index (χ0) is 25.3. The summed E-state index contributed by atoms with van der Waals surface area (Å²) in [6.45, 7) is 4.27. The molecule has 0 saturated heterocycles. The van der Waals surface area contributed by atoms with Gasteiger partial charge in [-0.2, -0.15) is 5.10 Å². The molecule has 0 aromatic heterocycles. The molecule has 0 aliphatic carbocycles. The van der Waals surface area contributed by atoms with Gasteiger partial charge in [-0.1, -0.05) is 40.2 Å². The lowest BCUT2D eigenvalue weighted by atomic mass is 10.2. The van der Waals surface area contributed by atoms with Crippen LogP contribution in [0.3, 0.4) is 0 Å². The molecule has 1 N–H and O–H groups in total. The van der Waals surface area contributed by atoms with Crippen LogP contribution < -0.4 is 19.2 Å². The number of hydrogen-bond acceptors (Lipinski definition) is 6. The van der Waals surface area contributed by atoms with Crippen molar-refractivity contribution in [3.63, 3.8) is 0 Å². The Bertz CT molecular complexity index is 1280. The SMILES string of the molecule is CCOc1ccc(/C=N\NC(=O)CN(c2cccc(Br)c2)S(=O)(=O)c2ccccc2)cc1OCC. The van der Waals surface area contributed by atoms with Crippen LogP contribution in [0.15, 0.2) is 87.3 Å². The van der Waals surface area contributed by atoms with E-state index >= 15 is 0 Å². The minimum atomic E-state index is -4.00. The molecule has 0 heterocycles. The van der Waals surface area contributed by atoms with Crippen LogP contribution in [0.1, 0.15) is 19.4 Å². The highest BCUT2D eigenvalue weighted by Crippen LogP contribution is 2.28. The predicted octanol–water partition coefficient (Wildman–Crippen LogP) is 4.59. The third kappa shape index (κ3) is 7.06. The van der Waals surface area contributed by atoms with Crippen molar-refractivity contribution in [1.29, 1.82) is 0 Å². The van der Waals surface area contributed by atoms with Crippen molar-refractivity contribution in [2.45, 2.75) is 18.7 Å². The Morgan fingerprint density at radius 3 is 2.37 bits per heavy atom. The van der Waals surface area contributed by atoms with Crippen molar-refractivity contribution in [2.75, 3.05) is 24.1 Å². The number of anilines is 1. The zero-order valence-electron chi connectivity index (χ0n) is 19.3. The number of carbonyl (C=O) groups excluding carboxylic acids is 1. The lowest BCUT2D eigenvalue weighted by Gasteiger charge is -2.23. The Morgan fingerprint density at radius 1 is 0.971 bits per heavy atom. The molecule has 0 aliphatic rings. The summed E-state index contributed by atoms with van der Waals surface area (Å²) in [4.78, 5) is 12.8. The van der Waals surface area contributed by atoms with Gasteiger partial charge in [-0.3, -0.25) is 9.10 Å². The van der Waals surface area contributed by atoms with E-state index in [1.807, 2.05) is 13.8 Å². The maximum atomic E-state index is 13.3. The molecule has 0 radical (unpaired) electrons. The van der Waals surface area contributed by atoms with E-state index in [2.05, 4.69) is 26.5 Å². The van der Waals surface area contributed by atoms with Crippen molar-refractivity contribution in [2.24, 2.45) is 5.10 Å². The number of rotatable bonds is 11. The van der Waals surface area contributed by atoms with E-state index in [0.717, 1.165) is 4.31 Å². The van der Waals surface area contributed by atoms with Crippen LogP contribution in [-0.2, 0) is 14.8 Å². The van der Waals surface area contributed by atoms with E-state index < -0.39 is 22.5 Å². The summed E-state index contributed by atoms with van der Waals surface area (Å²) in [7, 11) is -4.00. The smallest absolute Gasteiger partial charge is 0.264 e. The van der Waals surface area contributed by atoms with Crippen LogP contribution in [-0.4, -0.2) is 40.3 Å². The van der Waals surface area contributed by atoms with Crippen LogP contribution in [0.5, 0.6) is 11.5 Å². The second-order valence-electron chi connectivity index (χ2n) is 7.17. The second-order valence-corrected chi connectivity index (χ2v) is 9.95. The molecule has 0 spiro atoms. The third-order valence-electron chi connectivity index (χ3n) is 4.68. The molecular weight excluding hydrogens is 534 g/mol. The maximum absolute atomic E-state index is 13.3. The lowest BCUT2D eigenvalue weighted by Crippen LogP contribution is -2.39. The van der Waals surface area contributed by atoms with E-state index in [1.54, 1.807) is 60.7 Å². The van der Waals surface area contributed by atoms with Crippen LogP contribution in [0.25, 0.3) is 0 Å². The highest BCUT2D eigenvalue weighted by Gasteiger charge is 2.27. The van der Waals surface area contributed by atoms with Crippen molar-refractivity contribution < 1.29 is 22.7 Å². The maximum Gasteiger partial charge on any atom is 0.264 e. The Hall–Kier alpha value is -3.37. The van der Waals surface area contributed by atoms with Gasteiger partial charge < -0.3 is 9.47 Å². The Morgan fingerprint density at radius 2 is 1.69 bits per heavy atom. The molecule has 3 aromatic rings. The summed E-state index contributed by atoms with van der Waals surface area (Å²) < 4.78 is 39.5. The fourth-order valence-corrected chi connectivity index (χ4v) is 4.98. The average molecular weight is 560 g/mol. The molecule has 0 aliphatic heterocycles. The van der Waals surface area contributed by atoms with Gasteiger partial charge in [-0.15, -0.1) is 0 Å². The number of sulfonamides is 1. The Balaban J connectivity index is 1.78. The number of halogens is 1. The highest BCUT2D eigenvalue weighted by molar-refractivity contribution is 9.10. The first kappa shape index (κ1) is 26.2. The summed E-state index contributed by atoms with van der Waals surface area (Å²) in [6.07, 6.45) is 1.45.